The molecule has 6 nitrogen and oxygen atoms in total. The van der Waals surface area contributed by atoms with Crippen LogP contribution in [-0.4, -0.2) is 46.2 Å². The molecular formula is C19H24N4O2. The predicted molar refractivity (Wildman–Crippen MR) is 95.9 cm³/mol. The van der Waals surface area contributed by atoms with Crippen LogP contribution in [0, 0.1) is 0 Å². The van der Waals surface area contributed by atoms with Crippen LogP contribution in [0.2, 0.25) is 0 Å². The van der Waals surface area contributed by atoms with Gasteiger partial charge in [0.25, 0.3) is 5.91 Å². The molecule has 1 aliphatic heterocycles. The molecule has 3 rings (SSSR count). The highest BCUT2D eigenvalue weighted by molar-refractivity contribution is 5.80. The molecule has 0 saturated carbocycles. The number of aromatic nitrogens is 2. The summed E-state index contributed by atoms with van der Waals surface area (Å²) in [6.45, 7) is 3.75. The zero-order chi connectivity index (χ0) is 17.5. The molecule has 1 atom stereocenters. The molecule has 2 heterocycles. The topological polar surface area (TPSA) is 67.3 Å². The van der Waals surface area contributed by atoms with E-state index in [0.29, 0.717) is 12.6 Å². The van der Waals surface area contributed by atoms with Gasteiger partial charge in [-0.05, 0) is 37.5 Å². The van der Waals surface area contributed by atoms with E-state index in [1.807, 2.05) is 54.3 Å². The summed E-state index contributed by atoms with van der Waals surface area (Å²) >= 11 is 0. The molecule has 1 aliphatic rings. The van der Waals surface area contributed by atoms with Crippen molar-refractivity contribution in [1.82, 2.24) is 15.1 Å². The monoisotopic (exact) mass is 340 g/mol. The molecule has 25 heavy (non-hydrogen) atoms. The highest BCUT2D eigenvalue weighted by Gasteiger charge is 2.26. The SMILES string of the molecule is C[C@H](OCc1ccccc1)C(=O)N1CCC(Nc2cccnn2)CC1. The third kappa shape index (κ3) is 5.00. The number of hydrogen-bond donors (Lipinski definition) is 1. The molecule has 132 valence electrons. The van der Waals surface area contributed by atoms with Crippen molar-refractivity contribution < 1.29 is 9.53 Å². The number of hydrogen-bond acceptors (Lipinski definition) is 5. The highest BCUT2D eigenvalue weighted by Crippen LogP contribution is 2.16. The van der Waals surface area contributed by atoms with Gasteiger partial charge in [-0.15, -0.1) is 5.10 Å². The molecular weight excluding hydrogens is 316 g/mol. The van der Waals surface area contributed by atoms with E-state index in [2.05, 4.69) is 15.5 Å². The average molecular weight is 340 g/mol. The van der Waals surface area contributed by atoms with Gasteiger partial charge in [0, 0.05) is 25.3 Å². The summed E-state index contributed by atoms with van der Waals surface area (Å²) < 4.78 is 5.74. The largest absolute Gasteiger partial charge is 0.366 e. The summed E-state index contributed by atoms with van der Waals surface area (Å²) in [6.07, 6.45) is 3.02. The van der Waals surface area contributed by atoms with Crippen LogP contribution in [-0.2, 0) is 16.1 Å². The van der Waals surface area contributed by atoms with Crippen molar-refractivity contribution in [2.45, 2.75) is 38.5 Å². The lowest BCUT2D eigenvalue weighted by Crippen LogP contribution is -2.46. The molecule has 0 radical (unpaired) electrons. The number of likely N-dealkylation sites (tertiary alicyclic amines) is 1. The number of carbonyl (C=O) groups excluding carboxylic acids is 1. The summed E-state index contributed by atoms with van der Waals surface area (Å²) in [6, 6.07) is 14.0. The first-order chi connectivity index (χ1) is 12.2. The number of benzene rings is 1. The summed E-state index contributed by atoms with van der Waals surface area (Å²) in [4.78, 5) is 14.4. The van der Waals surface area contributed by atoms with Gasteiger partial charge in [0.2, 0.25) is 0 Å². The lowest BCUT2D eigenvalue weighted by molar-refractivity contribution is -0.144. The first-order valence-electron chi connectivity index (χ1n) is 8.71. The Balaban J connectivity index is 1.43. The fourth-order valence-corrected chi connectivity index (χ4v) is 2.96. The average Bonchev–Trinajstić information content (AvgIpc) is 2.68. The number of amides is 1. The Bertz CT molecular complexity index is 658. The fourth-order valence-electron chi connectivity index (χ4n) is 2.96. The van der Waals surface area contributed by atoms with Crippen LogP contribution in [0.15, 0.2) is 48.7 Å². The van der Waals surface area contributed by atoms with E-state index in [0.717, 1.165) is 37.3 Å². The second-order valence-corrected chi connectivity index (χ2v) is 6.29. The van der Waals surface area contributed by atoms with Crippen molar-refractivity contribution in [3.05, 3.63) is 54.2 Å². The number of rotatable bonds is 6. The number of carbonyl (C=O) groups is 1. The maximum atomic E-state index is 12.5. The van der Waals surface area contributed by atoms with Crippen LogP contribution in [0.5, 0.6) is 0 Å². The lowest BCUT2D eigenvalue weighted by Gasteiger charge is -2.34. The third-order valence-corrected chi connectivity index (χ3v) is 4.42. The van der Waals surface area contributed by atoms with E-state index in [4.69, 9.17) is 4.74 Å². The Kier molecular flexibility index (Phi) is 5.95. The minimum atomic E-state index is -0.426. The quantitative estimate of drug-likeness (QED) is 0.875. The first-order valence-corrected chi connectivity index (χ1v) is 8.71. The standard InChI is InChI=1S/C19H24N4O2/c1-15(25-14-16-6-3-2-4-7-16)19(24)23-12-9-17(10-13-23)21-18-8-5-11-20-22-18/h2-8,11,15,17H,9-10,12-14H2,1H3,(H,21,22)/t15-/m0/s1. The molecule has 1 fully saturated rings. The van der Waals surface area contributed by atoms with Gasteiger partial charge in [-0.2, -0.15) is 5.10 Å². The van der Waals surface area contributed by atoms with E-state index >= 15 is 0 Å². The van der Waals surface area contributed by atoms with Crippen LogP contribution in [0.25, 0.3) is 0 Å². The van der Waals surface area contributed by atoms with Crippen molar-refractivity contribution >= 4 is 11.7 Å². The van der Waals surface area contributed by atoms with Gasteiger partial charge in [-0.3, -0.25) is 4.79 Å². The highest BCUT2D eigenvalue weighted by atomic mass is 16.5. The number of anilines is 1. The Hall–Kier alpha value is -2.47. The maximum Gasteiger partial charge on any atom is 0.251 e. The van der Waals surface area contributed by atoms with Crippen molar-refractivity contribution in [3.8, 4) is 0 Å². The summed E-state index contributed by atoms with van der Waals surface area (Å²) in [5, 5.41) is 11.3. The van der Waals surface area contributed by atoms with Crippen molar-refractivity contribution in [2.24, 2.45) is 0 Å². The normalized spacial score (nSPS) is 16.4. The smallest absolute Gasteiger partial charge is 0.251 e. The zero-order valence-electron chi connectivity index (χ0n) is 14.5. The Morgan fingerprint density at radius 2 is 2.00 bits per heavy atom. The van der Waals surface area contributed by atoms with Gasteiger partial charge in [-0.1, -0.05) is 30.3 Å². The van der Waals surface area contributed by atoms with Gasteiger partial charge in [-0.25, -0.2) is 0 Å². The molecule has 1 amide bonds. The van der Waals surface area contributed by atoms with E-state index in [1.165, 1.54) is 0 Å². The second kappa shape index (κ2) is 8.58. The zero-order valence-corrected chi connectivity index (χ0v) is 14.5. The summed E-state index contributed by atoms with van der Waals surface area (Å²) in [5.74, 6) is 0.848. The van der Waals surface area contributed by atoms with Gasteiger partial charge in [0.05, 0.1) is 6.61 Å². The molecule has 1 N–H and O–H groups in total. The number of ether oxygens (including phenoxy) is 1. The summed E-state index contributed by atoms with van der Waals surface area (Å²) in [5.41, 5.74) is 1.08. The van der Waals surface area contributed by atoms with Crippen LogP contribution in [0.4, 0.5) is 5.82 Å². The molecule has 1 saturated heterocycles. The summed E-state index contributed by atoms with van der Waals surface area (Å²) in [7, 11) is 0. The van der Waals surface area contributed by atoms with E-state index in [9.17, 15) is 4.79 Å². The minimum Gasteiger partial charge on any atom is -0.366 e. The lowest BCUT2D eigenvalue weighted by atomic mass is 10.0. The molecule has 1 aromatic carbocycles. The molecule has 2 aromatic rings. The Morgan fingerprint density at radius 3 is 2.68 bits per heavy atom. The fraction of sp³-hybridized carbons (Fsp3) is 0.421. The Morgan fingerprint density at radius 1 is 1.24 bits per heavy atom. The van der Waals surface area contributed by atoms with Crippen LogP contribution >= 0.6 is 0 Å². The van der Waals surface area contributed by atoms with Gasteiger partial charge < -0.3 is 15.0 Å². The van der Waals surface area contributed by atoms with Crippen molar-refractivity contribution in [3.63, 3.8) is 0 Å². The van der Waals surface area contributed by atoms with Gasteiger partial charge >= 0.3 is 0 Å². The van der Waals surface area contributed by atoms with Crippen LogP contribution < -0.4 is 5.32 Å². The van der Waals surface area contributed by atoms with Crippen LogP contribution in [0.3, 0.4) is 0 Å². The number of piperidine rings is 1. The molecule has 0 bridgehead atoms. The van der Waals surface area contributed by atoms with E-state index < -0.39 is 6.10 Å². The number of nitrogens with zero attached hydrogens (tertiary/aromatic N) is 3. The molecule has 0 unspecified atom stereocenters. The van der Waals surface area contributed by atoms with Gasteiger partial charge in [0.15, 0.2) is 0 Å². The first kappa shape index (κ1) is 17.4. The predicted octanol–water partition coefficient (Wildman–Crippen LogP) is 2.48. The van der Waals surface area contributed by atoms with Crippen molar-refractivity contribution in [1.29, 1.82) is 0 Å². The maximum absolute atomic E-state index is 12.5. The molecule has 1 aromatic heterocycles. The van der Waals surface area contributed by atoms with Gasteiger partial charge in [0.1, 0.15) is 11.9 Å². The molecule has 6 heteroatoms. The molecule has 0 spiro atoms. The molecule has 0 aliphatic carbocycles. The second-order valence-electron chi connectivity index (χ2n) is 6.29. The third-order valence-electron chi connectivity index (χ3n) is 4.42. The van der Waals surface area contributed by atoms with Crippen molar-refractivity contribution in [2.75, 3.05) is 18.4 Å². The Labute approximate surface area is 148 Å². The van der Waals surface area contributed by atoms with Crippen LogP contribution in [0.1, 0.15) is 25.3 Å². The minimum absolute atomic E-state index is 0.0638. The van der Waals surface area contributed by atoms with E-state index in [1.54, 1.807) is 6.20 Å². The number of nitrogens with one attached hydrogen (secondary N) is 1. The van der Waals surface area contributed by atoms with E-state index in [-0.39, 0.29) is 5.91 Å².